The molecule has 0 aliphatic rings. The van der Waals surface area contributed by atoms with Gasteiger partial charge in [0.25, 0.3) is 0 Å². The van der Waals surface area contributed by atoms with Crippen LogP contribution in [0, 0.1) is 0 Å². The summed E-state index contributed by atoms with van der Waals surface area (Å²) in [4.78, 5) is 2.37. The van der Waals surface area contributed by atoms with Crippen LogP contribution in [-0.4, -0.2) is 37.6 Å². The van der Waals surface area contributed by atoms with Gasteiger partial charge in [-0.05, 0) is 31.2 Å². The number of hydrogen-bond acceptors (Lipinski definition) is 2. The van der Waals surface area contributed by atoms with E-state index >= 15 is 0 Å². The third-order valence-electron chi connectivity index (χ3n) is 2.72. The molecule has 0 aromatic heterocycles. The van der Waals surface area contributed by atoms with Gasteiger partial charge in [0.15, 0.2) is 0 Å². The third-order valence-corrected chi connectivity index (χ3v) is 3.21. The summed E-state index contributed by atoms with van der Waals surface area (Å²) in [6, 6.07) is 9.12. The summed E-state index contributed by atoms with van der Waals surface area (Å²) in [5.41, 5.74) is 1.39. The average Bonchev–Trinajstić information content (AvgIpc) is 2.26. The van der Waals surface area contributed by atoms with E-state index in [0.29, 0.717) is 6.04 Å². The van der Waals surface area contributed by atoms with Gasteiger partial charge in [0.1, 0.15) is 0 Å². The van der Waals surface area contributed by atoms with Crippen molar-refractivity contribution in [3.05, 3.63) is 34.3 Å². The van der Waals surface area contributed by atoms with E-state index < -0.39 is 0 Å². The lowest BCUT2D eigenvalue weighted by Gasteiger charge is -2.18. The molecule has 0 bridgehead atoms. The van der Waals surface area contributed by atoms with E-state index in [1.165, 1.54) is 10.0 Å². The molecule has 0 fully saturated rings. The van der Waals surface area contributed by atoms with E-state index in [-0.39, 0.29) is 0 Å². The van der Waals surface area contributed by atoms with Crippen molar-refractivity contribution >= 4 is 15.9 Å². The minimum Gasteiger partial charge on any atom is -0.313 e. The molecule has 0 unspecified atom stereocenters. The van der Waals surface area contributed by atoms with Crippen LogP contribution in [0.1, 0.15) is 19.4 Å². The van der Waals surface area contributed by atoms with E-state index in [1.54, 1.807) is 0 Å². The topological polar surface area (TPSA) is 15.3 Å². The van der Waals surface area contributed by atoms with Gasteiger partial charge in [-0.3, -0.25) is 0 Å². The summed E-state index contributed by atoms with van der Waals surface area (Å²) < 4.78 is 1.17. The van der Waals surface area contributed by atoms with E-state index in [0.717, 1.165) is 26.1 Å². The van der Waals surface area contributed by atoms with Crippen LogP contribution in [0.4, 0.5) is 0 Å². The molecule has 1 aromatic carbocycles. The zero-order valence-electron chi connectivity index (χ0n) is 11.0. The minimum absolute atomic E-state index is 0.577. The fourth-order valence-electron chi connectivity index (χ4n) is 1.67. The number of halogens is 1. The van der Waals surface area contributed by atoms with Gasteiger partial charge in [0, 0.05) is 30.1 Å². The first-order chi connectivity index (χ1) is 8.08. The summed E-state index contributed by atoms with van der Waals surface area (Å²) in [7, 11) is 2.18. The van der Waals surface area contributed by atoms with Gasteiger partial charge in [0.05, 0.1) is 0 Å². The summed E-state index contributed by atoms with van der Waals surface area (Å²) in [6.07, 6.45) is 1.11. The second-order valence-corrected chi connectivity index (χ2v) is 5.71. The molecule has 96 valence electrons. The van der Waals surface area contributed by atoms with Gasteiger partial charge in [-0.15, -0.1) is 0 Å². The number of hydrogen-bond donors (Lipinski definition) is 1. The Labute approximate surface area is 114 Å². The highest BCUT2D eigenvalue weighted by atomic mass is 79.9. The Bertz CT molecular complexity index is 326. The summed E-state index contributed by atoms with van der Waals surface area (Å²) >= 11 is 3.50. The molecular formula is C14H23BrN2. The largest absolute Gasteiger partial charge is 0.313 e. The van der Waals surface area contributed by atoms with Crippen LogP contribution in [0.25, 0.3) is 0 Å². The van der Waals surface area contributed by atoms with E-state index in [4.69, 9.17) is 0 Å². The van der Waals surface area contributed by atoms with Crippen LogP contribution in [0.3, 0.4) is 0 Å². The maximum Gasteiger partial charge on any atom is 0.0178 e. The van der Waals surface area contributed by atoms with Crippen molar-refractivity contribution in [1.82, 2.24) is 10.2 Å². The predicted octanol–water partition coefficient (Wildman–Crippen LogP) is 2.92. The monoisotopic (exact) mass is 298 g/mol. The van der Waals surface area contributed by atoms with Gasteiger partial charge < -0.3 is 10.2 Å². The SMILES string of the molecule is CC(C)NCCN(C)CCc1cccc(Br)c1. The zero-order valence-corrected chi connectivity index (χ0v) is 12.6. The highest BCUT2D eigenvalue weighted by molar-refractivity contribution is 9.10. The first kappa shape index (κ1) is 14.7. The maximum atomic E-state index is 3.50. The number of rotatable bonds is 7. The molecule has 0 saturated carbocycles. The van der Waals surface area contributed by atoms with Crippen molar-refractivity contribution < 1.29 is 0 Å². The Morgan fingerprint density at radius 1 is 1.29 bits per heavy atom. The van der Waals surface area contributed by atoms with Crippen molar-refractivity contribution in [2.24, 2.45) is 0 Å². The second-order valence-electron chi connectivity index (χ2n) is 4.79. The van der Waals surface area contributed by atoms with E-state index in [2.05, 4.69) is 71.3 Å². The summed E-state index contributed by atoms with van der Waals surface area (Å²) in [6.45, 7) is 7.64. The lowest BCUT2D eigenvalue weighted by Crippen LogP contribution is -2.33. The molecule has 0 radical (unpaired) electrons. The highest BCUT2D eigenvalue weighted by Crippen LogP contribution is 2.12. The van der Waals surface area contributed by atoms with Gasteiger partial charge in [-0.1, -0.05) is 41.9 Å². The van der Waals surface area contributed by atoms with E-state index in [9.17, 15) is 0 Å². The number of nitrogens with one attached hydrogen (secondary N) is 1. The Morgan fingerprint density at radius 3 is 2.71 bits per heavy atom. The smallest absolute Gasteiger partial charge is 0.0178 e. The Balaban J connectivity index is 2.21. The molecular weight excluding hydrogens is 276 g/mol. The standard InChI is InChI=1S/C14H23BrN2/c1-12(2)16-8-10-17(3)9-7-13-5-4-6-14(15)11-13/h4-6,11-12,16H,7-10H2,1-3H3. The lowest BCUT2D eigenvalue weighted by atomic mass is 10.1. The fourth-order valence-corrected chi connectivity index (χ4v) is 2.11. The molecule has 0 atom stereocenters. The molecule has 1 N–H and O–H groups in total. The number of nitrogens with zero attached hydrogens (tertiary/aromatic N) is 1. The fraction of sp³-hybridized carbons (Fsp3) is 0.571. The van der Waals surface area contributed by atoms with Crippen LogP contribution in [0.15, 0.2) is 28.7 Å². The maximum absolute atomic E-state index is 3.50. The van der Waals surface area contributed by atoms with Gasteiger partial charge in [-0.2, -0.15) is 0 Å². The lowest BCUT2D eigenvalue weighted by molar-refractivity contribution is 0.331. The van der Waals surface area contributed by atoms with Crippen LogP contribution >= 0.6 is 15.9 Å². The number of likely N-dealkylation sites (N-methyl/N-ethyl adjacent to an activating group) is 1. The molecule has 17 heavy (non-hydrogen) atoms. The first-order valence-corrected chi connectivity index (χ1v) is 7.03. The number of benzene rings is 1. The normalized spacial score (nSPS) is 11.4. The molecule has 0 aliphatic carbocycles. The van der Waals surface area contributed by atoms with Crippen LogP contribution in [-0.2, 0) is 6.42 Å². The Kier molecular flexibility index (Phi) is 6.78. The first-order valence-electron chi connectivity index (χ1n) is 6.24. The molecule has 0 spiro atoms. The molecule has 3 heteroatoms. The average molecular weight is 299 g/mol. The van der Waals surface area contributed by atoms with Crippen LogP contribution in [0.5, 0.6) is 0 Å². The molecule has 0 aliphatic heterocycles. The quantitative estimate of drug-likeness (QED) is 0.833. The van der Waals surface area contributed by atoms with Crippen molar-refractivity contribution in [2.45, 2.75) is 26.3 Å². The second kappa shape index (κ2) is 7.85. The van der Waals surface area contributed by atoms with Crippen molar-refractivity contribution in [3.8, 4) is 0 Å². The predicted molar refractivity (Wildman–Crippen MR) is 78.5 cm³/mol. The molecule has 0 amide bonds. The van der Waals surface area contributed by atoms with Crippen molar-refractivity contribution in [3.63, 3.8) is 0 Å². The Morgan fingerprint density at radius 2 is 2.06 bits per heavy atom. The third kappa shape index (κ3) is 6.81. The molecule has 1 aromatic rings. The van der Waals surface area contributed by atoms with Gasteiger partial charge in [-0.25, -0.2) is 0 Å². The Hall–Kier alpha value is -0.380. The molecule has 1 rings (SSSR count). The highest BCUT2D eigenvalue weighted by Gasteiger charge is 2.00. The van der Waals surface area contributed by atoms with Crippen molar-refractivity contribution in [2.75, 3.05) is 26.7 Å². The van der Waals surface area contributed by atoms with Crippen molar-refractivity contribution in [1.29, 1.82) is 0 Å². The summed E-state index contributed by atoms with van der Waals surface area (Å²) in [5.74, 6) is 0. The molecule has 0 saturated heterocycles. The zero-order chi connectivity index (χ0) is 12.7. The van der Waals surface area contributed by atoms with Crippen LogP contribution in [0.2, 0.25) is 0 Å². The van der Waals surface area contributed by atoms with E-state index in [1.807, 2.05) is 0 Å². The summed E-state index contributed by atoms with van der Waals surface area (Å²) in [5, 5.41) is 3.43. The minimum atomic E-state index is 0.577. The van der Waals surface area contributed by atoms with Gasteiger partial charge >= 0.3 is 0 Å². The molecule has 2 nitrogen and oxygen atoms in total. The van der Waals surface area contributed by atoms with Gasteiger partial charge in [0.2, 0.25) is 0 Å². The van der Waals surface area contributed by atoms with Crippen LogP contribution < -0.4 is 5.32 Å². The molecule has 0 heterocycles.